The summed E-state index contributed by atoms with van der Waals surface area (Å²) < 4.78 is 34.0. The largest absolute Gasteiger partial charge is 0.480 e. The molecule has 0 radical (unpaired) electrons. The van der Waals surface area contributed by atoms with Crippen LogP contribution >= 0.6 is 0 Å². The Morgan fingerprint density at radius 1 is 0.875 bits per heavy atom. The van der Waals surface area contributed by atoms with E-state index < -0.39 is 27.4 Å². The van der Waals surface area contributed by atoms with E-state index in [0.717, 1.165) is 0 Å². The lowest BCUT2D eigenvalue weighted by Gasteiger charge is -2.21. The van der Waals surface area contributed by atoms with Crippen molar-refractivity contribution in [1.29, 1.82) is 0 Å². The molecule has 0 aromatic heterocycles. The second-order valence-corrected chi connectivity index (χ2v) is 9.11. The number of sulfonamides is 1. The van der Waals surface area contributed by atoms with Crippen molar-refractivity contribution in [1.82, 2.24) is 5.32 Å². The standard InChI is InChI=1S/C23H22N2O6S/c1-23(2,22(27)28)24-21(26)16-12-14-18(15-13-16)32(29,30)25-19-10-6-7-11-20(19)31-17-8-4-3-5-9-17/h3-15,25H,1-2H3,(H,24,26)(H,27,28). The van der Waals surface area contributed by atoms with Crippen LogP contribution in [0.2, 0.25) is 0 Å². The van der Waals surface area contributed by atoms with E-state index in [4.69, 9.17) is 9.84 Å². The van der Waals surface area contributed by atoms with Crippen molar-refractivity contribution in [2.45, 2.75) is 24.3 Å². The number of anilines is 1. The highest BCUT2D eigenvalue weighted by Gasteiger charge is 2.29. The molecular weight excluding hydrogens is 432 g/mol. The summed E-state index contributed by atoms with van der Waals surface area (Å²) in [5.74, 6) is -0.936. The smallest absolute Gasteiger partial charge is 0.328 e. The van der Waals surface area contributed by atoms with Gasteiger partial charge in [-0.1, -0.05) is 30.3 Å². The van der Waals surface area contributed by atoms with Crippen LogP contribution in [-0.2, 0) is 14.8 Å². The molecule has 0 bridgehead atoms. The first-order valence-electron chi connectivity index (χ1n) is 9.59. The zero-order valence-corrected chi connectivity index (χ0v) is 18.2. The first-order chi connectivity index (χ1) is 15.1. The molecule has 0 spiro atoms. The van der Waals surface area contributed by atoms with Crippen LogP contribution in [0.25, 0.3) is 0 Å². The molecule has 3 aromatic carbocycles. The van der Waals surface area contributed by atoms with Gasteiger partial charge in [0.05, 0.1) is 10.6 Å². The predicted molar refractivity (Wildman–Crippen MR) is 119 cm³/mol. The van der Waals surface area contributed by atoms with Crippen molar-refractivity contribution in [3.8, 4) is 11.5 Å². The average molecular weight is 455 g/mol. The average Bonchev–Trinajstić information content (AvgIpc) is 2.75. The van der Waals surface area contributed by atoms with Gasteiger partial charge in [0, 0.05) is 5.56 Å². The summed E-state index contributed by atoms with van der Waals surface area (Å²) in [6.45, 7) is 2.70. The van der Waals surface area contributed by atoms with Crippen LogP contribution in [0.4, 0.5) is 5.69 Å². The second kappa shape index (κ2) is 9.11. The van der Waals surface area contributed by atoms with Crippen molar-refractivity contribution < 1.29 is 27.9 Å². The molecule has 3 rings (SSSR count). The lowest BCUT2D eigenvalue weighted by molar-refractivity contribution is -0.143. The van der Waals surface area contributed by atoms with Gasteiger partial charge in [-0.2, -0.15) is 0 Å². The fourth-order valence-corrected chi connectivity index (χ4v) is 3.72. The van der Waals surface area contributed by atoms with Gasteiger partial charge >= 0.3 is 5.97 Å². The van der Waals surface area contributed by atoms with Gasteiger partial charge < -0.3 is 15.2 Å². The molecule has 32 heavy (non-hydrogen) atoms. The highest BCUT2D eigenvalue weighted by Crippen LogP contribution is 2.30. The van der Waals surface area contributed by atoms with E-state index in [0.29, 0.717) is 11.5 Å². The fourth-order valence-electron chi connectivity index (χ4n) is 2.65. The zero-order valence-electron chi connectivity index (χ0n) is 17.4. The summed E-state index contributed by atoms with van der Waals surface area (Å²) in [7, 11) is -3.97. The molecule has 0 saturated carbocycles. The molecule has 0 aliphatic rings. The van der Waals surface area contributed by atoms with Gasteiger partial charge in [-0.25, -0.2) is 13.2 Å². The zero-order chi connectivity index (χ0) is 23.4. The van der Waals surface area contributed by atoms with Gasteiger partial charge in [-0.3, -0.25) is 9.52 Å². The van der Waals surface area contributed by atoms with E-state index in [1.807, 2.05) is 6.07 Å². The van der Waals surface area contributed by atoms with Gasteiger partial charge in [0.25, 0.3) is 15.9 Å². The Hall–Kier alpha value is -3.85. The lowest BCUT2D eigenvalue weighted by atomic mass is 10.1. The van der Waals surface area contributed by atoms with Gasteiger partial charge in [-0.05, 0) is 62.4 Å². The number of hydrogen-bond acceptors (Lipinski definition) is 5. The minimum Gasteiger partial charge on any atom is -0.480 e. The van der Waals surface area contributed by atoms with Crippen molar-refractivity contribution in [3.05, 3.63) is 84.4 Å². The molecule has 1 amide bonds. The fraction of sp³-hybridized carbons (Fsp3) is 0.130. The number of carbonyl (C=O) groups is 2. The number of carbonyl (C=O) groups excluding carboxylic acids is 1. The van der Waals surface area contributed by atoms with Crippen LogP contribution in [0, 0.1) is 0 Å². The molecule has 3 N–H and O–H groups in total. The summed E-state index contributed by atoms with van der Waals surface area (Å²) in [6, 6.07) is 20.7. The molecule has 8 nitrogen and oxygen atoms in total. The number of aliphatic carboxylic acids is 1. The molecule has 0 atom stereocenters. The highest BCUT2D eigenvalue weighted by atomic mass is 32.2. The van der Waals surface area contributed by atoms with Crippen LogP contribution in [0.3, 0.4) is 0 Å². The molecule has 0 unspecified atom stereocenters. The monoisotopic (exact) mass is 454 g/mol. The second-order valence-electron chi connectivity index (χ2n) is 7.43. The van der Waals surface area contributed by atoms with Crippen LogP contribution in [-0.4, -0.2) is 30.9 Å². The quantitative estimate of drug-likeness (QED) is 0.475. The number of para-hydroxylation sites is 3. The van der Waals surface area contributed by atoms with Crippen molar-refractivity contribution >= 4 is 27.6 Å². The molecule has 0 fully saturated rings. The topological polar surface area (TPSA) is 122 Å². The number of nitrogens with one attached hydrogen (secondary N) is 2. The highest BCUT2D eigenvalue weighted by molar-refractivity contribution is 7.92. The summed E-state index contributed by atoms with van der Waals surface area (Å²) in [6.07, 6.45) is 0. The summed E-state index contributed by atoms with van der Waals surface area (Å²) >= 11 is 0. The Balaban J connectivity index is 1.78. The van der Waals surface area contributed by atoms with E-state index in [1.165, 1.54) is 38.1 Å². The summed E-state index contributed by atoms with van der Waals surface area (Å²) in [5.41, 5.74) is -1.08. The Kier molecular flexibility index (Phi) is 6.50. The molecular formula is C23H22N2O6S. The van der Waals surface area contributed by atoms with Crippen LogP contribution in [0.5, 0.6) is 11.5 Å². The van der Waals surface area contributed by atoms with Crippen molar-refractivity contribution in [3.63, 3.8) is 0 Å². The Bertz CT molecular complexity index is 1220. The third-order valence-corrected chi connectivity index (χ3v) is 5.87. The van der Waals surface area contributed by atoms with Gasteiger partial charge in [-0.15, -0.1) is 0 Å². The van der Waals surface area contributed by atoms with Crippen LogP contribution in [0.15, 0.2) is 83.8 Å². The lowest BCUT2D eigenvalue weighted by Crippen LogP contribution is -2.49. The van der Waals surface area contributed by atoms with Crippen LogP contribution in [0.1, 0.15) is 24.2 Å². The maximum absolute atomic E-state index is 12.9. The molecule has 0 saturated heterocycles. The Morgan fingerprint density at radius 3 is 2.09 bits per heavy atom. The number of hydrogen-bond donors (Lipinski definition) is 3. The van der Waals surface area contributed by atoms with E-state index in [1.54, 1.807) is 48.5 Å². The molecule has 0 aliphatic carbocycles. The predicted octanol–water partition coefficient (Wildman–Crippen LogP) is 3.87. The summed E-state index contributed by atoms with van der Waals surface area (Å²) in [5, 5.41) is 11.5. The molecule has 166 valence electrons. The number of carboxylic acid groups (broad SMARTS) is 1. The van der Waals surface area contributed by atoms with E-state index in [9.17, 15) is 18.0 Å². The molecule has 3 aromatic rings. The number of benzene rings is 3. The number of ether oxygens (including phenoxy) is 1. The van der Waals surface area contributed by atoms with E-state index >= 15 is 0 Å². The van der Waals surface area contributed by atoms with Gasteiger partial charge in [0.1, 0.15) is 11.3 Å². The third kappa shape index (κ3) is 5.44. The van der Waals surface area contributed by atoms with E-state index in [2.05, 4.69) is 10.0 Å². The number of rotatable bonds is 8. The van der Waals surface area contributed by atoms with Gasteiger partial charge in [0.2, 0.25) is 0 Å². The molecule has 0 aliphatic heterocycles. The number of carboxylic acids is 1. The van der Waals surface area contributed by atoms with Crippen LogP contribution < -0.4 is 14.8 Å². The molecule has 9 heteroatoms. The van der Waals surface area contributed by atoms with Gasteiger partial charge in [0.15, 0.2) is 5.75 Å². The third-order valence-electron chi connectivity index (χ3n) is 4.49. The Morgan fingerprint density at radius 2 is 1.47 bits per heavy atom. The number of amides is 1. The maximum atomic E-state index is 12.9. The first-order valence-corrected chi connectivity index (χ1v) is 11.1. The van der Waals surface area contributed by atoms with Crippen molar-refractivity contribution in [2.24, 2.45) is 0 Å². The molecule has 0 heterocycles. The normalized spacial score (nSPS) is 11.4. The first kappa shape index (κ1) is 22.8. The van der Waals surface area contributed by atoms with E-state index in [-0.39, 0.29) is 16.1 Å². The minimum atomic E-state index is -3.97. The SMILES string of the molecule is CC(C)(NC(=O)c1ccc(S(=O)(=O)Nc2ccccc2Oc2ccccc2)cc1)C(=O)O. The Labute approximate surface area is 185 Å². The maximum Gasteiger partial charge on any atom is 0.328 e. The minimum absolute atomic E-state index is 0.0685. The summed E-state index contributed by atoms with van der Waals surface area (Å²) in [4.78, 5) is 23.4. The van der Waals surface area contributed by atoms with Crippen molar-refractivity contribution in [2.75, 3.05) is 4.72 Å².